The molecule has 1 N–H and O–H groups in total. The highest BCUT2D eigenvalue weighted by molar-refractivity contribution is 5.69. The first kappa shape index (κ1) is 36.9. The molecule has 4 heteroatoms. The first-order valence-corrected chi connectivity index (χ1v) is 17.0. The highest BCUT2D eigenvalue weighted by atomic mass is 16.5. The van der Waals surface area contributed by atoms with Gasteiger partial charge in [0.15, 0.2) is 0 Å². The molecule has 226 valence electrons. The molecule has 0 heterocycles. The summed E-state index contributed by atoms with van der Waals surface area (Å²) < 4.78 is 5.81. The van der Waals surface area contributed by atoms with E-state index in [9.17, 15) is 9.59 Å². The van der Waals surface area contributed by atoms with Crippen molar-refractivity contribution in [2.24, 2.45) is 0 Å². The number of ether oxygens (including phenoxy) is 1. The molecule has 0 aliphatic heterocycles. The summed E-state index contributed by atoms with van der Waals surface area (Å²) in [4.78, 5) is 23.0. The van der Waals surface area contributed by atoms with Gasteiger partial charge in [0, 0.05) is 12.8 Å². The predicted molar refractivity (Wildman–Crippen MR) is 163 cm³/mol. The average molecular weight is 539 g/mol. The second-order valence-corrected chi connectivity index (χ2v) is 11.7. The molecule has 0 radical (unpaired) electrons. The Morgan fingerprint density at radius 2 is 0.789 bits per heavy atom. The maximum absolute atomic E-state index is 12.3. The fourth-order valence-electron chi connectivity index (χ4n) is 5.30. The fraction of sp³-hybridized carbons (Fsp3) is 0.941. The van der Waals surface area contributed by atoms with Gasteiger partial charge in [0.05, 0.1) is 0 Å². The van der Waals surface area contributed by atoms with Gasteiger partial charge in [-0.1, -0.05) is 149 Å². The van der Waals surface area contributed by atoms with Crippen LogP contribution in [0.25, 0.3) is 0 Å². The minimum absolute atomic E-state index is 0.0131. The summed E-state index contributed by atoms with van der Waals surface area (Å²) in [6.07, 6.45) is 34.4. The molecule has 1 unspecified atom stereocenters. The number of hydrogen-bond donors (Lipinski definition) is 1. The number of rotatable bonds is 31. The summed E-state index contributed by atoms with van der Waals surface area (Å²) in [7, 11) is 0. The lowest BCUT2D eigenvalue weighted by molar-refractivity contribution is -0.150. The lowest BCUT2D eigenvalue weighted by Gasteiger charge is -2.18. The van der Waals surface area contributed by atoms with Gasteiger partial charge in [-0.05, 0) is 38.5 Å². The monoisotopic (exact) mass is 538 g/mol. The van der Waals surface area contributed by atoms with Gasteiger partial charge in [-0.15, -0.1) is 0 Å². The summed E-state index contributed by atoms with van der Waals surface area (Å²) in [6.45, 7) is 4.47. The molecular formula is C34H66O4. The van der Waals surface area contributed by atoms with Crippen LogP contribution in [-0.2, 0) is 14.3 Å². The third-order valence-corrected chi connectivity index (χ3v) is 7.83. The van der Waals surface area contributed by atoms with Gasteiger partial charge in [-0.3, -0.25) is 9.59 Å². The average Bonchev–Trinajstić information content (AvgIpc) is 2.89. The molecule has 4 nitrogen and oxygen atoms in total. The number of hydrogen-bond acceptors (Lipinski definition) is 3. The van der Waals surface area contributed by atoms with Crippen molar-refractivity contribution in [3.05, 3.63) is 0 Å². The molecule has 0 amide bonds. The van der Waals surface area contributed by atoms with Crippen molar-refractivity contribution >= 4 is 11.9 Å². The minimum atomic E-state index is -0.726. The van der Waals surface area contributed by atoms with Crippen LogP contribution in [0.1, 0.15) is 200 Å². The van der Waals surface area contributed by atoms with Crippen LogP contribution < -0.4 is 0 Å². The summed E-state index contributed by atoms with van der Waals surface area (Å²) in [5.74, 6) is -0.764. The van der Waals surface area contributed by atoms with Crippen molar-refractivity contribution < 1.29 is 19.4 Å². The molecule has 0 aromatic rings. The number of esters is 1. The van der Waals surface area contributed by atoms with E-state index in [2.05, 4.69) is 13.8 Å². The molecule has 38 heavy (non-hydrogen) atoms. The van der Waals surface area contributed by atoms with Gasteiger partial charge >= 0.3 is 11.9 Å². The van der Waals surface area contributed by atoms with Gasteiger partial charge < -0.3 is 9.84 Å². The van der Waals surface area contributed by atoms with Crippen molar-refractivity contribution in [3.63, 3.8) is 0 Å². The maximum atomic E-state index is 12.3. The van der Waals surface area contributed by atoms with E-state index in [1.54, 1.807) is 0 Å². The van der Waals surface area contributed by atoms with Crippen molar-refractivity contribution in [1.82, 2.24) is 0 Å². The summed E-state index contributed by atoms with van der Waals surface area (Å²) in [5.41, 5.74) is 0. The van der Waals surface area contributed by atoms with Gasteiger partial charge in [-0.25, -0.2) is 0 Å². The van der Waals surface area contributed by atoms with E-state index in [1.165, 1.54) is 122 Å². The van der Waals surface area contributed by atoms with Crippen LogP contribution in [0.3, 0.4) is 0 Å². The Labute approximate surface area is 237 Å². The molecule has 0 aliphatic carbocycles. The van der Waals surface area contributed by atoms with Gasteiger partial charge in [0.25, 0.3) is 0 Å². The first-order chi connectivity index (χ1) is 18.6. The highest BCUT2D eigenvalue weighted by Crippen LogP contribution is 2.18. The van der Waals surface area contributed by atoms with Crippen molar-refractivity contribution in [1.29, 1.82) is 0 Å². The molecule has 0 rings (SSSR count). The zero-order valence-corrected chi connectivity index (χ0v) is 25.8. The molecule has 0 bridgehead atoms. The molecule has 0 spiro atoms. The number of carboxylic acid groups (broad SMARTS) is 1. The van der Waals surface area contributed by atoms with E-state index < -0.39 is 5.97 Å². The fourth-order valence-corrected chi connectivity index (χ4v) is 5.30. The van der Waals surface area contributed by atoms with Crippen LogP contribution in [0, 0.1) is 0 Å². The van der Waals surface area contributed by atoms with Crippen molar-refractivity contribution in [2.45, 2.75) is 206 Å². The second-order valence-electron chi connectivity index (χ2n) is 11.7. The summed E-state index contributed by atoms with van der Waals surface area (Å²) >= 11 is 0. The van der Waals surface area contributed by atoms with Gasteiger partial charge in [0.1, 0.15) is 6.10 Å². The molecular weight excluding hydrogens is 472 g/mol. The number of aliphatic carboxylic acids is 1. The first-order valence-electron chi connectivity index (χ1n) is 17.0. The van der Waals surface area contributed by atoms with Crippen LogP contribution in [0.4, 0.5) is 0 Å². The van der Waals surface area contributed by atoms with Crippen LogP contribution in [0.5, 0.6) is 0 Å². The SMILES string of the molecule is CCCCCCCCCCCCCCCCCCCCCC(=O)OC(CCCCC)CCCCCC(=O)O. The van der Waals surface area contributed by atoms with Gasteiger partial charge in [0.2, 0.25) is 0 Å². The normalized spacial score (nSPS) is 12.1. The van der Waals surface area contributed by atoms with Gasteiger partial charge in [-0.2, -0.15) is 0 Å². The van der Waals surface area contributed by atoms with E-state index in [1.807, 2.05) is 0 Å². The Balaban J connectivity index is 3.55. The van der Waals surface area contributed by atoms with Crippen LogP contribution >= 0.6 is 0 Å². The zero-order chi connectivity index (χ0) is 27.9. The maximum Gasteiger partial charge on any atom is 0.306 e. The quantitative estimate of drug-likeness (QED) is 0.0704. The van der Waals surface area contributed by atoms with Crippen LogP contribution in [-0.4, -0.2) is 23.1 Å². The summed E-state index contributed by atoms with van der Waals surface area (Å²) in [5, 5.41) is 8.77. The number of carbonyl (C=O) groups is 2. The largest absolute Gasteiger partial charge is 0.481 e. The second kappa shape index (κ2) is 30.5. The van der Waals surface area contributed by atoms with Crippen LogP contribution in [0.15, 0.2) is 0 Å². The highest BCUT2D eigenvalue weighted by Gasteiger charge is 2.14. The van der Waals surface area contributed by atoms with Crippen LogP contribution in [0.2, 0.25) is 0 Å². The Hall–Kier alpha value is -1.06. The summed E-state index contributed by atoms with van der Waals surface area (Å²) in [6, 6.07) is 0. The minimum Gasteiger partial charge on any atom is -0.481 e. The number of carbonyl (C=O) groups excluding carboxylic acids is 1. The topological polar surface area (TPSA) is 63.6 Å². The molecule has 0 aliphatic rings. The lowest BCUT2D eigenvalue weighted by atomic mass is 10.0. The van der Waals surface area contributed by atoms with E-state index in [0.29, 0.717) is 12.8 Å². The smallest absolute Gasteiger partial charge is 0.306 e. The number of unbranched alkanes of at least 4 members (excludes halogenated alkanes) is 22. The van der Waals surface area contributed by atoms with E-state index in [4.69, 9.17) is 9.84 Å². The third-order valence-electron chi connectivity index (χ3n) is 7.83. The number of carboxylic acids is 1. The Kier molecular flexibility index (Phi) is 29.6. The van der Waals surface area contributed by atoms with E-state index in [0.717, 1.165) is 44.9 Å². The molecule has 0 aromatic carbocycles. The molecule has 0 fully saturated rings. The standard InChI is InChI=1S/C34H66O4/c1-3-5-7-8-9-10-11-12-13-14-15-16-17-18-19-20-21-22-27-31-34(37)38-32(28-24-6-4-2)29-25-23-26-30-33(35)36/h32H,3-31H2,1-2H3,(H,35,36). The third kappa shape index (κ3) is 29.5. The Morgan fingerprint density at radius 3 is 1.21 bits per heavy atom. The van der Waals surface area contributed by atoms with E-state index in [-0.39, 0.29) is 18.5 Å². The Morgan fingerprint density at radius 1 is 0.474 bits per heavy atom. The van der Waals surface area contributed by atoms with Crippen molar-refractivity contribution in [2.75, 3.05) is 0 Å². The molecule has 0 saturated carbocycles. The van der Waals surface area contributed by atoms with E-state index >= 15 is 0 Å². The predicted octanol–water partition coefficient (Wildman–Crippen LogP) is 11.3. The lowest BCUT2D eigenvalue weighted by Crippen LogP contribution is -2.18. The molecule has 0 saturated heterocycles. The Bertz CT molecular complexity index is 505. The van der Waals surface area contributed by atoms with Crippen molar-refractivity contribution in [3.8, 4) is 0 Å². The zero-order valence-electron chi connectivity index (χ0n) is 25.8. The molecule has 0 aromatic heterocycles. The molecule has 1 atom stereocenters.